The predicted octanol–water partition coefficient (Wildman–Crippen LogP) is 3.42. The first-order valence-corrected chi connectivity index (χ1v) is 7.46. The van der Waals surface area contributed by atoms with E-state index in [0.29, 0.717) is 11.6 Å². The number of hydrogen-bond acceptors (Lipinski definition) is 2. The third-order valence-electron chi connectivity index (χ3n) is 4.88. The summed E-state index contributed by atoms with van der Waals surface area (Å²) in [6.45, 7) is 16.4. The van der Waals surface area contributed by atoms with Crippen LogP contribution >= 0.6 is 0 Å². The van der Waals surface area contributed by atoms with E-state index in [2.05, 4.69) is 51.8 Å². The molecule has 1 saturated heterocycles. The maximum Gasteiger partial charge on any atom is 0.0253 e. The molecule has 0 aromatic heterocycles. The summed E-state index contributed by atoms with van der Waals surface area (Å²) in [7, 11) is 0. The SMILES string of the molecule is CCC1CNC(C)(C)CN1C(CC)(CC)CC. The Morgan fingerprint density at radius 1 is 1.12 bits per heavy atom. The highest BCUT2D eigenvalue weighted by molar-refractivity contribution is 5.00. The van der Waals surface area contributed by atoms with E-state index in [1.54, 1.807) is 0 Å². The number of rotatable bonds is 5. The minimum Gasteiger partial charge on any atom is -0.309 e. The Bertz CT molecular complexity index is 223. The largest absolute Gasteiger partial charge is 0.309 e. The lowest BCUT2D eigenvalue weighted by molar-refractivity contribution is -0.0186. The minimum absolute atomic E-state index is 0.260. The molecule has 1 aliphatic rings. The maximum atomic E-state index is 3.69. The lowest BCUT2D eigenvalue weighted by Gasteiger charge is -2.54. The topological polar surface area (TPSA) is 15.3 Å². The summed E-state index contributed by atoms with van der Waals surface area (Å²) in [4.78, 5) is 2.81. The summed E-state index contributed by atoms with van der Waals surface area (Å²) in [6.07, 6.45) is 5.07. The monoisotopic (exact) mass is 240 g/mol. The quantitative estimate of drug-likeness (QED) is 0.792. The van der Waals surface area contributed by atoms with Crippen molar-refractivity contribution in [3.8, 4) is 0 Å². The fourth-order valence-corrected chi connectivity index (χ4v) is 3.39. The molecule has 0 aromatic carbocycles. The molecule has 0 radical (unpaired) electrons. The summed E-state index contributed by atoms with van der Waals surface area (Å²) < 4.78 is 0. The van der Waals surface area contributed by atoms with Gasteiger partial charge in [0, 0.05) is 30.2 Å². The molecular weight excluding hydrogens is 208 g/mol. The Labute approximate surface area is 108 Å². The molecule has 1 fully saturated rings. The second kappa shape index (κ2) is 5.71. The molecule has 0 spiro atoms. The van der Waals surface area contributed by atoms with Crippen LogP contribution in [0.2, 0.25) is 0 Å². The van der Waals surface area contributed by atoms with Gasteiger partial charge in [-0.05, 0) is 39.5 Å². The predicted molar refractivity (Wildman–Crippen MR) is 76.5 cm³/mol. The Balaban J connectivity index is 2.95. The summed E-state index contributed by atoms with van der Waals surface area (Å²) >= 11 is 0. The number of nitrogens with zero attached hydrogens (tertiary/aromatic N) is 1. The number of piperazine rings is 1. The van der Waals surface area contributed by atoms with Gasteiger partial charge in [-0.3, -0.25) is 4.90 Å². The Kier molecular flexibility index (Phi) is 5.03. The van der Waals surface area contributed by atoms with E-state index < -0.39 is 0 Å². The van der Waals surface area contributed by atoms with E-state index in [9.17, 15) is 0 Å². The van der Waals surface area contributed by atoms with Crippen molar-refractivity contribution in [2.24, 2.45) is 0 Å². The fraction of sp³-hybridized carbons (Fsp3) is 1.00. The first kappa shape index (κ1) is 15.0. The number of hydrogen-bond donors (Lipinski definition) is 1. The molecule has 0 saturated carbocycles. The molecule has 0 bridgehead atoms. The van der Waals surface area contributed by atoms with Gasteiger partial charge in [0.1, 0.15) is 0 Å². The summed E-state index contributed by atoms with van der Waals surface area (Å²) in [6, 6.07) is 0.711. The van der Waals surface area contributed by atoms with E-state index in [1.807, 2.05) is 0 Å². The Morgan fingerprint density at radius 3 is 2.06 bits per heavy atom. The maximum absolute atomic E-state index is 3.69. The van der Waals surface area contributed by atoms with Crippen LogP contribution in [-0.2, 0) is 0 Å². The van der Waals surface area contributed by atoms with Crippen molar-refractivity contribution < 1.29 is 0 Å². The van der Waals surface area contributed by atoms with E-state index in [0.717, 1.165) is 6.54 Å². The summed E-state index contributed by atoms with van der Waals surface area (Å²) in [5, 5.41) is 3.69. The van der Waals surface area contributed by atoms with Crippen LogP contribution in [0, 0.1) is 0 Å². The molecule has 0 amide bonds. The molecule has 1 rings (SSSR count). The van der Waals surface area contributed by atoms with Crippen molar-refractivity contribution in [3.63, 3.8) is 0 Å². The average Bonchev–Trinajstić information content (AvgIpc) is 2.31. The van der Waals surface area contributed by atoms with Crippen LogP contribution in [0.25, 0.3) is 0 Å². The summed E-state index contributed by atoms with van der Waals surface area (Å²) in [5.74, 6) is 0. The standard InChI is InChI=1S/C15H32N2/c1-7-13-11-16-14(5,6)12-17(13)15(8-2,9-3)10-4/h13,16H,7-12H2,1-6H3. The van der Waals surface area contributed by atoms with E-state index in [4.69, 9.17) is 0 Å². The molecule has 0 aromatic rings. The average molecular weight is 240 g/mol. The molecular formula is C15H32N2. The van der Waals surface area contributed by atoms with Crippen molar-refractivity contribution in [2.45, 2.75) is 84.3 Å². The molecule has 1 heterocycles. The van der Waals surface area contributed by atoms with Crippen molar-refractivity contribution in [3.05, 3.63) is 0 Å². The van der Waals surface area contributed by atoms with Crippen LogP contribution in [0.3, 0.4) is 0 Å². The highest BCUT2D eigenvalue weighted by Crippen LogP contribution is 2.33. The van der Waals surface area contributed by atoms with Crippen LogP contribution in [0.1, 0.15) is 67.2 Å². The van der Waals surface area contributed by atoms with Gasteiger partial charge >= 0.3 is 0 Å². The van der Waals surface area contributed by atoms with Gasteiger partial charge in [-0.2, -0.15) is 0 Å². The normalized spacial score (nSPS) is 26.1. The first-order valence-electron chi connectivity index (χ1n) is 7.46. The first-order chi connectivity index (χ1) is 7.94. The van der Waals surface area contributed by atoms with Crippen molar-refractivity contribution in [2.75, 3.05) is 13.1 Å². The zero-order chi connectivity index (χ0) is 13.1. The third-order valence-corrected chi connectivity index (χ3v) is 4.88. The van der Waals surface area contributed by atoms with Crippen LogP contribution < -0.4 is 5.32 Å². The van der Waals surface area contributed by atoms with Crippen LogP contribution in [0.15, 0.2) is 0 Å². The minimum atomic E-state index is 0.260. The second-order valence-electron chi connectivity index (χ2n) is 6.24. The summed E-state index contributed by atoms with van der Waals surface area (Å²) in [5.41, 5.74) is 0.677. The van der Waals surface area contributed by atoms with Crippen molar-refractivity contribution >= 4 is 0 Å². The molecule has 17 heavy (non-hydrogen) atoms. The molecule has 1 aliphatic heterocycles. The van der Waals surface area contributed by atoms with Crippen molar-refractivity contribution in [1.82, 2.24) is 10.2 Å². The molecule has 1 N–H and O–H groups in total. The number of nitrogens with one attached hydrogen (secondary N) is 1. The second-order valence-corrected chi connectivity index (χ2v) is 6.24. The molecule has 2 nitrogen and oxygen atoms in total. The Hall–Kier alpha value is -0.0800. The van der Waals surface area contributed by atoms with Crippen LogP contribution in [0.5, 0.6) is 0 Å². The van der Waals surface area contributed by atoms with Gasteiger partial charge in [-0.1, -0.05) is 27.7 Å². The lowest BCUT2D eigenvalue weighted by Crippen LogP contribution is -2.67. The molecule has 2 heteroatoms. The Morgan fingerprint density at radius 2 is 1.65 bits per heavy atom. The molecule has 0 aliphatic carbocycles. The van der Waals surface area contributed by atoms with Gasteiger partial charge in [-0.25, -0.2) is 0 Å². The lowest BCUT2D eigenvalue weighted by atomic mass is 9.83. The highest BCUT2D eigenvalue weighted by Gasteiger charge is 2.41. The van der Waals surface area contributed by atoms with Crippen LogP contribution in [-0.4, -0.2) is 35.1 Å². The van der Waals surface area contributed by atoms with Crippen molar-refractivity contribution in [1.29, 1.82) is 0 Å². The van der Waals surface area contributed by atoms with Gasteiger partial charge < -0.3 is 5.32 Å². The smallest absolute Gasteiger partial charge is 0.0253 e. The molecule has 1 unspecified atom stereocenters. The van der Waals surface area contributed by atoms with Gasteiger partial charge in [0.05, 0.1) is 0 Å². The van der Waals surface area contributed by atoms with E-state index in [-0.39, 0.29) is 5.54 Å². The fourth-order valence-electron chi connectivity index (χ4n) is 3.39. The van der Waals surface area contributed by atoms with Crippen LogP contribution in [0.4, 0.5) is 0 Å². The zero-order valence-corrected chi connectivity index (χ0v) is 12.8. The van der Waals surface area contributed by atoms with Gasteiger partial charge in [0.15, 0.2) is 0 Å². The molecule has 102 valence electrons. The van der Waals surface area contributed by atoms with Gasteiger partial charge in [-0.15, -0.1) is 0 Å². The van der Waals surface area contributed by atoms with Gasteiger partial charge in [0.2, 0.25) is 0 Å². The highest BCUT2D eigenvalue weighted by atomic mass is 15.3. The van der Waals surface area contributed by atoms with E-state index >= 15 is 0 Å². The van der Waals surface area contributed by atoms with Gasteiger partial charge in [0.25, 0.3) is 0 Å². The zero-order valence-electron chi connectivity index (χ0n) is 12.8. The third kappa shape index (κ3) is 3.03. The van der Waals surface area contributed by atoms with E-state index in [1.165, 1.54) is 32.2 Å². The molecule has 1 atom stereocenters.